The minimum absolute atomic E-state index is 0.264. The number of fused-ring (bicyclic) bond motifs is 3. The Morgan fingerprint density at radius 2 is 2.40 bits per heavy atom. The molecule has 3 heteroatoms. The fourth-order valence-electron chi connectivity index (χ4n) is 2.94. The zero-order valence-corrected chi connectivity index (χ0v) is 8.78. The van der Waals surface area contributed by atoms with Crippen molar-refractivity contribution in [1.82, 2.24) is 10.2 Å². The van der Waals surface area contributed by atoms with E-state index in [0.29, 0.717) is 18.5 Å². The molecular weight excluding hydrogens is 188 g/mol. The third-order valence-corrected chi connectivity index (χ3v) is 3.73. The monoisotopic (exact) mass is 204 g/mol. The molecule has 0 bridgehead atoms. The lowest BCUT2D eigenvalue weighted by molar-refractivity contribution is -0.135. The number of piperidine rings is 1. The number of hydrogen-bond donors (Lipinski definition) is 1. The Balaban J connectivity index is 1.91. The van der Waals surface area contributed by atoms with Crippen LogP contribution in [0.4, 0.5) is 0 Å². The van der Waals surface area contributed by atoms with Gasteiger partial charge in [-0.3, -0.25) is 4.79 Å². The number of nitrogens with zero attached hydrogens (tertiary/aromatic N) is 1. The third-order valence-electron chi connectivity index (χ3n) is 3.73. The quantitative estimate of drug-likeness (QED) is 0.629. The lowest BCUT2D eigenvalue weighted by Gasteiger charge is -2.45. The molecule has 3 rings (SSSR count). The van der Waals surface area contributed by atoms with Gasteiger partial charge < -0.3 is 10.2 Å². The van der Waals surface area contributed by atoms with Crippen molar-refractivity contribution in [2.75, 3.05) is 19.6 Å². The van der Waals surface area contributed by atoms with E-state index in [4.69, 9.17) is 0 Å². The molecule has 0 radical (unpaired) electrons. The molecule has 2 fully saturated rings. The van der Waals surface area contributed by atoms with Crippen molar-refractivity contribution in [3.8, 4) is 0 Å². The maximum Gasteiger partial charge on any atom is 0.237 e. The van der Waals surface area contributed by atoms with Crippen LogP contribution in [0.5, 0.6) is 0 Å². The summed E-state index contributed by atoms with van der Waals surface area (Å²) in [6, 6.07) is 0.329. The van der Waals surface area contributed by atoms with Crippen LogP contribution in [0.25, 0.3) is 0 Å². The number of nitrogens with one attached hydrogen (secondary N) is 1. The molecule has 3 aliphatic rings. The minimum Gasteiger partial charge on any atom is -0.334 e. The number of hydrogen-bond acceptors (Lipinski definition) is 2. The van der Waals surface area contributed by atoms with E-state index < -0.39 is 0 Å². The first kappa shape index (κ1) is 9.16. The van der Waals surface area contributed by atoms with Crippen molar-refractivity contribution < 1.29 is 4.79 Å². The number of piperazine rings is 1. The van der Waals surface area contributed by atoms with Gasteiger partial charge in [-0.2, -0.15) is 0 Å². The highest BCUT2D eigenvalue weighted by molar-refractivity contribution is 5.80. The van der Waals surface area contributed by atoms with Gasteiger partial charge in [-0.1, -0.05) is 18.2 Å². The number of carbonyl (C=O) groups is 1. The summed E-state index contributed by atoms with van der Waals surface area (Å²) in [5.74, 6) is 0.948. The van der Waals surface area contributed by atoms with Crippen LogP contribution in [0.1, 0.15) is 12.8 Å². The summed E-state index contributed by atoms with van der Waals surface area (Å²) in [5, 5.41) is 3.21. The minimum atomic E-state index is 0.264. The Bertz CT molecular complexity index is 346. The van der Waals surface area contributed by atoms with E-state index in [-0.39, 0.29) is 5.91 Å². The smallest absolute Gasteiger partial charge is 0.237 e. The maximum absolute atomic E-state index is 11.7. The standard InChI is InChI=1S/C12H16N2O/c15-12-8-13-7-11-10-4-2-1-3-9(10)5-6-14(11)12/h1-2,4,9,11,13H,3,5-8H2. The van der Waals surface area contributed by atoms with Crippen LogP contribution in [0.3, 0.4) is 0 Å². The van der Waals surface area contributed by atoms with E-state index in [0.717, 1.165) is 25.9 Å². The zero-order chi connectivity index (χ0) is 10.3. The molecule has 2 atom stereocenters. The highest BCUT2D eigenvalue weighted by Crippen LogP contribution is 2.34. The second-order valence-corrected chi connectivity index (χ2v) is 4.55. The summed E-state index contributed by atoms with van der Waals surface area (Å²) < 4.78 is 0. The highest BCUT2D eigenvalue weighted by atomic mass is 16.2. The van der Waals surface area contributed by atoms with E-state index in [1.54, 1.807) is 0 Å². The van der Waals surface area contributed by atoms with Crippen molar-refractivity contribution in [3.63, 3.8) is 0 Å². The van der Waals surface area contributed by atoms with Gasteiger partial charge in [-0.05, 0) is 24.3 Å². The predicted octanol–water partition coefficient (Wildman–Crippen LogP) is 0.693. The molecule has 2 unspecified atom stereocenters. The van der Waals surface area contributed by atoms with E-state index >= 15 is 0 Å². The summed E-state index contributed by atoms with van der Waals surface area (Å²) in [5.41, 5.74) is 1.46. The topological polar surface area (TPSA) is 32.3 Å². The number of carbonyl (C=O) groups excluding carboxylic acids is 1. The Morgan fingerprint density at radius 1 is 1.47 bits per heavy atom. The predicted molar refractivity (Wildman–Crippen MR) is 58.3 cm³/mol. The molecule has 1 amide bonds. The number of allylic oxidation sites excluding steroid dienone is 3. The Morgan fingerprint density at radius 3 is 3.33 bits per heavy atom. The average Bonchev–Trinajstić information content (AvgIpc) is 2.29. The Labute approximate surface area is 89.8 Å². The largest absolute Gasteiger partial charge is 0.334 e. The first-order valence-electron chi connectivity index (χ1n) is 5.73. The number of amides is 1. The molecule has 1 N–H and O–H groups in total. The van der Waals surface area contributed by atoms with Crippen LogP contribution in [0.15, 0.2) is 23.8 Å². The summed E-state index contributed by atoms with van der Waals surface area (Å²) in [6.45, 7) is 2.40. The second-order valence-electron chi connectivity index (χ2n) is 4.55. The summed E-state index contributed by atoms with van der Waals surface area (Å²) in [6.07, 6.45) is 8.88. The molecule has 80 valence electrons. The van der Waals surface area contributed by atoms with Gasteiger partial charge >= 0.3 is 0 Å². The average molecular weight is 204 g/mol. The Kier molecular flexibility index (Phi) is 2.13. The van der Waals surface area contributed by atoms with Crippen molar-refractivity contribution >= 4 is 5.91 Å². The highest BCUT2D eigenvalue weighted by Gasteiger charge is 2.37. The van der Waals surface area contributed by atoms with Gasteiger partial charge in [-0.25, -0.2) is 0 Å². The fraction of sp³-hybridized carbons (Fsp3) is 0.583. The molecule has 0 aromatic rings. The molecule has 2 heterocycles. The van der Waals surface area contributed by atoms with Crippen LogP contribution < -0.4 is 5.32 Å². The molecule has 15 heavy (non-hydrogen) atoms. The van der Waals surface area contributed by atoms with Crippen molar-refractivity contribution in [3.05, 3.63) is 23.8 Å². The molecule has 0 spiro atoms. The van der Waals surface area contributed by atoms with Crippen LogP contribution in [0.2, 0.25) is 0 Å². The molecule has 3 nitrogen and oxygen atoms in total. The van der Waals surface area contributed by atoms with Crippen molar-refractivity contribution in [2.24, 2.45) is 5.92 Å². The SMILES string of the molecule is O=C1CNCC2C3=CC=CCC3CCN12. The fourth-order valence-corrected chi connectivity index (χ4v) is 2.94. The van der Waals surface area contributed by atoms with Crippen LogP contribution in [-0.2, 0) is 4.79 Å². The van der Waals surface area contributed by atoms with Crippen LogP contribution in [0, 0.1) is 5.92 Å². The first-order chi connectivity index (χ1) is 7.36. The number of rotatable bonds is 0. The third kappa shape index (κ3) is 1.42. The van der Waals surface area contributed by atoms with E-state index in [1.165, 1.54) is 5.57 Å². The lowest BCUT2D eigenvalue weighted by atomic mass is 9.80. The van der Waals surface area contributed by atoms with Crippen LogP contribution >= 0.6 is 0 Å². The van der Waals surface area contributed by atoms with E-state index in [9.17, 15) is 4.79 Å². The lowest BCUT2D eigenvalue weighted by Crippen LogP contribution is -2.58. The van der Waals surface area contributed by atoms with Gasteiger partial charge in [0, 0.05) is 13.1 Å². The zero-order valence-electron chi connectivity index (χ0n) is 8.78. The van der Waals surface area contributed by atoms with Crippen molar-refractivity contribution in [2.45, 2.75) is 18.9 Å². The normalized spacial score (nSPS) is 34.5. The van der Waals surface area contributed by atoms with Crippen molar-refractivity contribution in [1.29, 1.82) is 0 Å². The molecule has 1 aliphatic carbocycles. The van der Waals surface area contributed by atoms with Gasteiger partial charge in [0.2, 0.25) is 5.91 Å². The van der Waals surface area contributed by atoms with Gasteiger partial charge in [0.1, 0.15) is 0 Å². The molecule has 2 saturated heterocycles. The second kappa shape index (κ2) is 3.49. The molecule has 2 aliphatic heterocycles. The van der Waals surface area contributed by atoms with Gasteiger partial charge in [0.25, 0.3) is 0 Å². The van der Waals surface area contributed by atoms with Gasteiger partial charge in [0.15, 0.2) is 0 Å². The molecular formula is C12H16N2O. The summed E-state index contributed by atoms with van der Waals surface area (Å²) in [7, 11) is 0. The first-order valence-corrected chi connectivity index (χ1v) is 5.73. The summed E-state index contributed by atoms with van der Waals surface area (Å²) in [4.78, 5) is 13.8. The molecule has 0 aromatic carbocycles. The van der Waals surface area contributed by atoms with Gasteiger partial charge in [-0.15, -0.1) is 0 Å². The van der Waals surface area contributed by atoms with Gasteiger partial charge in [0.05, 0.1) is 12.6 Å². The Hall–Kier alpha value is -1.09. The molecule has 0 saturated carbocycles. The van der Waals surface area contributed by atoms with Crippen LogP contribution in [-0.4, -0.2) is 36.5 Å². The van der Waals surface area contributed by atoms with E-state index in [1.807, 2.05) is 0 Å². The maximum atomic E-state index is 11.7. The summed E-state index contributed by atoms with van der Waals surface area (Å²) >= 11 is 0. The van der Waals surface area contributed by atoms with E-state index in [2.05, 4.69) is 28.4 Å². The molecule has 0 aromatic heterocycles.